The van der Waals surface area contributed by atoms with Crippen molar-refractivity contribution >= 4 is 5.97 Å². The smallest absolute Gasteiger partial charge is 0.311 e. The van der Waals surface area contributed by atoms with Crippen LogP contribution in [0.25, 0.3) is 0 Å². The largest absolute Gasteiger partial charge is 0.483 e. The number of rotatable bonds is 13. The number of aliphatic hydroxyl groups excluding tert-OH is 1. The van der Waals surface area contributed by atoms with Crippen LogP contribution in [-0.2, 0) is 33.2 Å². The number of benzene rings is 1. The monoisotopic (exact) mass is 900 g/mol. The Morgan fingerprint density at radius 1 is 0.952 bits per heavy atom. The van der Waals surface area contributed by atoms with Crippen LogP contribution in [0.5, 0.6) is 5.75 Å². The molecule has 15 nitrogen and oxygen atoms in total. The molecule has 16 heteroatoms. The lowest BCUT2D eigenvalue weighted by Gasteiger charge is -2.53. The minimum absolute atomic E-state index is 0.0749. The van der Waals surface area contributed by atoms with Gasteiger partial charge in [-0.05, 0) is 132 Å². The topological polar surface area (TPSA) is 190 Å². The zero-order valence-electron chi connectivity index (χ0n) is 40.4. The Balaban J connectivity index is 1.86. The highest BCUT2D eigenvalue weighted by Crippen LogP contribution is 2.43. The van der Waals surface area contributed by atoms with Gasteiger partial charge < -0.3 is 69.1 Å². The standard InChI is InChI=1S/C47H82FN3O12/c1-15-21-49-26-47(56)32(8)59-37(24-45(47,10)57-14)62-38-29(5)41(63-43-39(35(51(12)13)22-28(4)58-43)60-34-19-17-33(48)18-20-34)44(9,54)23-27(3)25-50-31(7)40(52)46(11,55)36(16-2)61-42(53)30(38)6/h17-20,27-32,35-41,43,49-50,52,54-56H,15-16,21-26H2,1-14H3/t27-,28-,29+,30-,31-,32+,35+,36-,37+,38+,39-,40-,41-,43+,44-,45-,46-,47+/m1/s1. The van der Waals surface area contributed by atoms with Crippen molar-refractivity contribution in [2.24, 2.45) is 17.8 Å². The van der Waals surface area contributed by atoms with Crippen molar-refractivity contribution in [1.29, 1.82) is 0 Å². The van der Waals surface area contributed by atoms with Crippen LogP contribution in [0.3, 0.4) is 0 Å². The second kappa shape index (κ2) is 22.2. The first-order valence-corrected chi connectivity index (χ1v) is 23.1. The van der Waals surface area contributed by atoms with Gasteiger partial charge in [-0.3, -0.25) is 4.79 Å². The lowest BCUT2D eigenvalue weighted by molar-refractivity contribution is -0.335. The van der Waals surface area contributed by atoms with Crippen LogP contribution in [0.1, 0.15) is 108 Å². The number of likely N-dealkylation sites (N-methyl/N-ethyl adjacent to an activating group) is 1. The fourth-order valence-electron chi connectivity index (χ4n) is 9.99. The molecule has 0 bridgehead atoms. The Kier molecular flexibility index (Phi) is 18.8. The van der Waals surface area contributed by atoms with Crippen LogP contribution in [0, 0.1) is 23.6 Å². The molecule has 3 aliphatic heterocycles. The number of cyclic esters (lactones) is 1. The predicted molar refractivity (Wildman–Crippen MR) is 236 cm³/mol. The number of esters is 1. The number of methoxy groups -OCH3 is 1. The molecule has 1 aromatic rings. The van der Waals surface area contributed by atoms with Crippen LogP contribution in [0.2, 0.25) is 0 Å². The van der Waals surface area contributed by atoms with Crippen LogP contribution >= 0.6 is 0 Å². The van der Waals surface area contributed by atoms with Crippen LogP contribution < -0.4 is 15.4 Å². The van der Waals surface area contributed by atoms with Crippen molar-refractivity contribution in [3.8, 4) is 5.75 Å². The van der Waals surface area contributed by atoms with Crippen molar-refractivity contribution in [3.05, 3.63) is 30.1 Å². The number of aliphatic hydroxyl groups is 4. The molecule has 6 N–H and O–H groups in total. The first-order chi connectivity index (χ1) is 29.3. The number of carbonyl (C=O) groups excluding carboxylic acids is 1. The van der Waals surface area contributed by atoms with E-state index in [1.807, 2.05) is 53.6 Å². The summed E-state index contributed by atoms with van der Waals surface area (Å²) in [5, 5.41) is 54.9. The average molecular weight is 900 g/mol. The number of carbonyl (C=O) groups is 1. The molecule has 1 aromatic carbocycles. The molecule has 0 spiro atoms. The summed E-state index contributed by atoms with van der Waals surface area (Å²) < 4.78 is 59.9. The van der Waals surface area contributed by atoms with Gasteiger partial charge in [0.15, 0.2) is 18.7 Å². The molecule has 3 aliphatic rings. The highest BCUT2D eigenvalue weighted by Gasteiger charge is 2.58. The lowest BCUT2D eigenvalue weighted by atomic mass is 9.75. The van der Waals surface area contributed by atoms with E-state index in [0.29, 0.717) is 25.3 Å². The highest BCUT2D eigenvalue weighted by atomic mass is 19.1. The quantitative estimate of drug-likeness (QED) is 0.122. The molecule has 0 saturated carbocycles. The predicted octanol–water partition coefficient (Wildman–Crippen LogP) is 4.15. The second-order valence-corrected chi connectivity index (χ2v) is 19.7. The Morgan fingerprint density at radius 2 is 1.60 bits per heavy atom. The van der Waals surface area contributed by atoms with E-state index in [4.69, 9.17) is 33.2 Å². The van der Waals surface area contributed by atoms with Gasteiger partial charge in [-0.15, -0.1) is 0 Å². The molecule has 0 unspecified atom stereocenters. The zero-order chi connectivity index (χ0) is 47.2. The molecule has 18 atom stereocenters. The van der Waals surface area contributed by atoms with Crippen molar-refractivity contribution in [2.75, 3.05) is 40.8 Å². The summed E-state index contributed by atoms with van der Waals surface area (Å²) in [7, 11) is 5.41. The SMILES string of the molecule is CCCNC[C@]1(O)[C@H](C)O[C@@H](O[C@H]2[C@H](C)[C@@H](O[C@@H]3O[C@H](C)C[C@H](N(C)C)[C@H]3Oc3ccc(F)cc3)[C@](C)(O)C[C@@H](C)CN[C@H](C)[C@@H](O)[C@](C)(O)[C@@H](CC)OC(=O)[C@@H]2C)C[C@@]1(C)OC. The van der Waals surface area contributed by atoms with Gasteiger partial charge in [0.2, 0.25) is 0 Å². The van der Waals surface area contributed by atoms with Gasteiger partial charge in [-0.2, -0.15) is 0 Å². The van der Waals surface area contributed by atoms with E-state index in [1.165, 1.54) is 26.2 Å². The Bertz CT molecular complexity index is 1570. The molecule has 0 aromatic heterocycles. The molecule has 0 aliphatic carbocycles. The van der Waals surface area contributed by atoms with E-state index < -0.39 is 101 Å². The molecule has 4 rings (SSSR count). The maximum Gasteiger partial charge on any atom is 0.311 e. The van der Waals surface area contributed by atoms with E-state index >= 15 is 0 Å². The van der Waals surface area contributed by atoms with Crippen LogP contribution in [0.4, 0.5) is 4.39 Å². The Hall–Kier alpha value is -2.06. The minimum Gasteiger partial charge on any atom is -0.483 e. The number of hydrogen-bond donors (Lipinski definition) is 6. The van der Waals surface area contributed by atoms with Crippen LogP contribution in [-0.4, -0.2) is 162 Å². The summed E-state index contributed by atoms with van der Waals surface area (Å²) in [6.45, 7) is 20.9. The molecular weight excluding hydrogens is 818 g/mol. The highest BCUT2D eigenvalue weighted by molar-refractivity contribution is 5.73. The summed E-state index contributed by atoms with van der Waals surface area (Å²) in [6.07, 6.45) is -6.58. The van der Waals surface area contributed by atoms with Gasteiger partial charge in [0.25, 0.3) is 0 Å². The van der Waals surface area contributed by atoms with Crippen molar-refractivity contribution < 1.29 is 62.8 Å². The molecule has 0 radical (unpaired) electrons. The van der Waals surface area contributed by atoms with E-state index in [1.54, 1.807) is 46.8 Å². The molecule has 63 heavy (non-hydrogen) atoms. The lowest BCUT2D eigenvalue weighted by Crippen LogP contribution is -2.70. The first kappa shape index (κ1) is 53.6. The van der Waals surface area contributed by atoms with E-state index in [2.05, 4.69) is 10.6 Å². The average Bonchev–Trinajstić information content (AvgIpc) is 3.22. The van der Waals surface area contributed by atoms with Gasteiger partial charge in [-0.1, -0.05) is 27.7 Å². The third kappa shape index (κ3) is 12.5. The van der Waals surface area contributed by atoms with Gasteiger partial charge in [-0.25, -0.2) is 4.39 Å². The van der Waals surface area contributed by atoms with Crippen molar-refractivity contribution in [3.63, 3.8) is 0 Å². The first-order valence-electron chi connectivity index (χ1n) is 23.1. The fourth-order valence-corrected chi connectivity index (χ4v) is 9.99. The Labute approximate surface area is 376 Å². The number of halogens is 1. The molecule has 3 heterocycles. The number of hydrogen-bond acceptors (Lipinski definition) is 15. The summed E-state index contributed by atoms with van der Waals surface area (Å²) in [5.74, 6) is -2.77. The van der Waals surface area contributed by atoms with E-state index in [-0.39, 0.29) is 43.9 Å². The summed E-state index contributed by atoms with van der Waals surface area (Å²) in [5.41, 5.74) is -6.07. The maximum atomic E-state index is 14.5. The molecule has 0 amide bonds. The summed E-state index contributed by atoms with van der Waals surface area (Å²) in [4.78, 5) is 16.6. The van der Waals surface area contributed by atoms with Crippen molar-refractivity contribution in [2.45, 2.75) is 198 Å². The molecule has 3 fully saturated rings. The van der Waals surface area contributed by atoms with Gasteiger partial charge in [0.1, 0.15) is 40.6 Å². The molecule has 3 saturated heterocycles. The third-order valence-electron chi connectivity index (χ3n) is 14.1. The number of ether oxygens (including phenoxy) is 7. The normalized spacial score (nSPS) is 43.8. The summed E-state index contributed by atoms with van der Waals surface area (Å²) >= 11 is 0. The van der Waals surface area contributed by atoms with E-state index in [0.717, 1.165) is 6.42 Å². The van der Waals surface area contributed by atoms with Crippen LogP contribution in [0.15, 0.2) is 24.3 Å². The third-order valence-corrected chi connectivity index (χ3v) is 14.1. The second-order valence-electron chi connectivity index (χ2n) is 19.7. The van der Waals surface area contributed by atoms with Crippen molar-refractivity contribution in [1.82, 2.24) is 15.5 Å². The number of nitrogens with one attached hydrogen (secondary N) is 2. The number of nitrogens with zero attached hydrogens (tertiary/aromatic N) is 1. The van der Waals surface area contributed by atoms with Gasteiger partial charge in [0.05, 0.1) is 42.0 Å². The molecular formula is C47H82FN3O12. The fraction of sp³-hybridized carbons (Fsp3) is 0.851. The maximum absolute atomic E-state index is 14.5. The zero-order valence-corrected chi connectivity index (χ0v) is 40.4. The van der Waals surface area contributed by atoms with E-state index in [9.17, 15) is 29.6 Å². The Morgan fingerprint density at radius 3 is 2.19 bits per heavy atom. The van der Waals surface area contributed by atoms with Gasteiger partial charge >= 0.3 is 5.97 Å². The minimum atomic E-state index is -1.84. The van der Waals surface area contributed by atoms with Gasteiger partial charge in [0, 0.05) is 32.0 Å². The summed E-state index contributed by atoms with van der Waals surface area (Å²) in [6, 6.07) is 4.89. The molecule has 364 valence electrons.